The van der Waals surface area contributed by atoms with Gasteiger partial charge in [0.05, 0.1) is 28.4 Å². The summed E-state index contributed by atoms with van der Waals surface area (Å²) in [6.45, 7) is 0. The van der Waals surface area contributed by atoms with Crippen LogP contribution in [0.5, 0.6) is 17.2 Å². The van der Waals surface area contributed by atoms with Crippen molar-refractivity contribution in [1.29, 1.82) is 0 Å². The number of rotatable bonds is 6. The van der Waals surface area contributed by atoms with Crippen molar-refractivity contribution < 1.29 is 14.2 Å². The first-order chi connectivity index (χ1) is 10.1. The third-order valence-corrected chi connectivity index (χ3v) is 3.09. The molecule has 0 aliphatic rings. The zero-order chi connectivity index (χ0) is 15.4. The molecule has 8 heteroatoms. The molecule has 1 atom stereocenters. The molecule has 0 radical (unpaired) electrons. The first-order valence-electron chi connectivity index (χ1n) is 6.37. The summed E-state index contributed by atoms with van der Waals surface area (Å²) in [5, 5.41) is 11.9. The van der Waals surface area contributed by atoms with Crippen molar-refractivity contribution in [2.24, 2.45) is 12.8 Å². The topological polar surface area (TPSA) is 97.3 Å². The van der Waals surface area contributed by atoms with Crippen LogP contribution in [0.1, 0.15) is 17.4 Å². The minimum Gasteiger partial charge on any atom is -0.496 e. The van der Waals surface area contributed by atoms with Gasteiger partial charge in [0.15, 0.2) is 17.3 Å². The van der Waals surface area contributed by atoms with Gasteiger partial charge in [0.2, 0.25) is 0 Å². The van der Waals surface area contributed by atoms with E-state index in [-0.39, 0.29) is 6.04 Å². The van der Waals surface area contributed by atoms with Gasteiger partial charge in [-0.15, -0.1) is 10.2 Å². The molecule has 0 bridgehead atoms. The summed E-state index contributed by atoms with van der Waals surface area (Å²) in [5.74, 6) is 2.38. The van der Waals surface area contributed by atoms with Crippen LogP contribution in [-0.2, 0) is 13.5 Å². The molecule has 0 saturated heterocycles. The Balaban J connectivity index is 2.32. The van der Waals surface area contributed by atoms with E-state index in [0.717, 1.165) is 5.56 Å². The quantitative estimate of drug-likeness (QED) is 0.827. The van der Waals surface area contributed by atoms with Crippen molar-refractivity contribution in [3.63, 3.8) is 0 Å². The summed E-state index contributed by atoms with van der Waals surface area (Å²) >= 11 is 0. The van der Waals surface area contributed by atoms with Crippen molar-refractivity contribution >= 4 is 0 Å². The highest BCUT2D eigenvalue weighted by atomic mass is 16.5. The number of methoxy groups -OCH3 is 3. The van der Waals surface area contributed by atoms with Crippen LogP contribution < -0.4 is 19.9 Å². The number of aromatic nitrogens is 4. The van der Waals surface area contributed by atoms with Gasteiger partial charge in [-0.25, -0.2) is 0 Å². The summed E-state index contributed by atoms with van der Waals surface area (Å²) in [4.78, 5) is 1.40. The smallest absolute Gasteiger partial charge is 0.176 e. The highest BCUT2D eigenvalue weighted by Gasteiger charge is 2.19. The van der Waals surface area contributed by atoms with Crippen LogP contribution >= 0.6 is 0 Å². The van der Waals surface area contributed by atoms with Gasteiger partial charge in [0.25, 0.3) is 0 Å². The fraction of sp³-hybridized carbons (Fsp3) is 0.462. The predicted molar refractivity (Wildman–Crippen MR) is 75.5 cm³/mol. The summed E-state index contributed by atoms with van der Waals surface area (Å²) < 4.78 is 15.9. The largest absolute Gasteiger partial charge is 0.496 e. The van der Waals surface area contributed by atoms with E-state index in [4.69, 9.17) is 19.9 Å². The molecule has 0 aliphatic heterocycles. The SMILES string of the molecule is COc1cc(OC)c(C(N)Cc2nnn(C)n2)cc1OC. The van der Waals surface area contributed by atoms with Crippen LogP contribution in [-0.4, -0.2) is 41.5 Å². The molecule has 114 valence electrons. The van der Waals surface area contributed by atoms with Crippen LogP contribution in [0.2, 0.25) is 0 Å². The Labute approximate surface area is 122 Å². The summed E-state index contributed by atoms with van der Waals surface area (Å²) in [6.07, 6.45) is 0.444. The third kappa shape index (κ3) is 3.22. The van der Waals surface area contributed by atoms with Crippen molar-refractivity contribution in [3.8, 4) is 17.2 Å². The highest BCUT2D eigenvalue weighted by molar-refractivity contribution is 5.51. The number of hydrogen-bond donors (Lipinski definition) is 1. The van der Waals surface area contributed by atoms with Crippen molar-refractivity contribution in [3.05, 3.63) is 23.5 Å². The molecule has 0 amide bonds. The number of aryl methyl sites for hydroxylation is 1. The Morgan fingerprint density at radius 2 is 1.71 bits per heavy atom. The molecule has 0 spiro atoms. The monoisotopic (exact) mass is 293 g/mol. The van der Waals surface area contributed by atoms with Gasteiger partial charge in [-0.05, 0) is 11.3 Å². The van der Waals surface area contributed by atoms with Crippen LogP contribution in [0.4, 0.5) is 0 Å². The maximum atomic E-state index is 6.23. The lowest BCUT2D eigenvalue weighted by atomic mass is 10.0. The number of ether oxygens (including phenoxy) is 3. The van der Waals surface area contributed by atoms with Gasteiger partial charge in [-0.3, -0.25) is 0 Å². The molecule has 2 rings (SSSR count). The van der Waals surface area contributed by atoms with E-state index >= 15 is 0 Å². The van der Waals surface area contributed by atoms with E-state index in [1.807, 2.05) is 0 Å². The minimum atomic E-state index is -0.344. The molecule has 1 aromatic heterocycles. The number of nitrogens with zero attached hydrogens (tertiary/aromatic N) is 4. The molecular weight excluding hydrogens is 274 g/mol. The first-order valence-corrected chi connectivity index (χ1v) is 6.37. The maximum Gasteiger partial charge on any atom is 0.176 e. The Hall–Kier alpha value is -2.35. The zero-order valence-electron chi connectivity index (χ0n) is 12.5. The molecule has 2 N–H and O–H groups in total. The maximum absolute atomic E-state index is 6.23. The average molecular weight is 293 g/mol. The lowest BCUT2D eigenvalue weighted by Crippen LogP contribution is -2.16. The standard InChI is InChI=1S/C13H19N5O3/c1-18-16-13(15-17-18)6-9(14)8-5-11(20-3)12(21-4)7-10(8)19-2/h5,7,9H,6,14H2,1-4H3. The van der Waals surface area contributed by atoms with Crippen molar-refractivity contribution in [1.82, 2.24) is 20.2 Å². The second kappa shape index (κ2) is 6.40. The third-order valence-electron chi connectivity index (χ3n) is 3.09. The van der Waals surface area contributed by atoms with Gasteiger partial charge in [-0.1, -0.05) is 0 Å². The predicted octanol–water partition coefficient (Wildman–Crippen LogP) is 0.478. The summed E-state index contributed by atoms with van der Waals surface area (Å²) in [5.41, 5.74) is 7.03. The average Bonchev–Trinajstić information content (AvgIpc) is 2.90. The Morgan fingerprint density at radius 3 is 2.24 bits per heavy atom. The molecule has 0 aliphatic carbocycles. The highest BCUT2D eigenvalue weighted by Crippen LogP contribution is 2.37. The van der Waals surface area contributed by atoms with Crippen LogP contribution in [0.25, 0.3) is 0 Å². The molecule has 1 unspecified atom stereocenters. The number of benzene rings is 1. The molecule has 2 aromatic rings. The second-order valence-corrected chi connectivity index (χ2v) is 4.45. The van der Waals surface area contributed by atoms with E-state index in [1.165, 1.54) is 4.80 Å². The molecule has 0 fully saturated rings. The molecule has 1 heterocycles. The fourth-order valence-corrected chi connectivity index (χ4v) is 2.05. The van der Waals surface area contributed by atoms with Gasteiger partial charge < -0.3 is 19.9 Å². The Bertz CT molecular complexity index is 614. The van der Waals surface area contributed by atoms with Gasteiger partial charge in [0, 0.05) is 24.1 Å². The normalized spacial score (nSPS) is 12.0. The molecular formula is C13H19N5O3. The Kier molecular flexibility index (Phi) is 4.59. The van der Waals surface area contributed by atoms with Gasteiger partial charge in [-0.2, -0.15) is 4.80 Å². The molecule has 1 aromatic carbocycles. The van der Waals surface area contributed by atoms with Crippen molar-refractivity contribution in [2.75, 3.05) is 21.3 Å². The van der Waals surface area contributed by atoms with Crippen LogP contribution in [0, 0.1) is 0 Å². The molecule has 8 nitrogen and oxygen atoms in total. The second-order valence-electron chi connectivity index (χ2n) is 4.45. The van der Waals surface area contributed by atoms with Gasteiger partial charge in [0.1, 0.15) is 5.75 Å². The van der Waals surface area contributed by atoms with E-state index in [0.29, 0.717) is 29.5 Å². The van der Waals surface area contributed by atoms with Gasteiger partial charge >= 0.3 is 0 Å². The van der Waals surface area contributed by atoms with E-state index < -0.39 is 0 Å². The van der Waals surface area contributed by atoms with E-state index in [1.54, 1.807) is 40.5 Å². The lowest BCUT2D eigenvalue weighted by Gasteiger charge is -2.17. The van der Waals surface area contributed by atoms with Crippen LogP contribution in [0.3, 0.4) is 0 Å². The minimum absolute atomic E-state index is 0.344. The van der Waals surface area contributed by atoms with E-state index in [2.05, 4.69) is 15.4 Å². The lowest BCUT2D eigenvalue weighted by molar-refractivity contribution is 0.346. The molecule has 21 heavy (non-hydrogen) atoms. The number of tetrazole rings is 1. The van der Waals surface area contributed by atoms with E-state index in [9.17, 15) is 0 Å². The van der Waals surface area contributed by atoms with Crippen LogP contribution in [0.15, 0.2) is 12.1 Å². The number of nitrogens with two attached hydrogens (primary N) is 1. The Morgan fingerprint density at radius 1 is 1.10 bits per heavy atom. The fourth-order valence-electron chi connectivity index (χ4n) is 2.05. The van der Waals surface area contributed by atoms with Crippen molar-refractivity contribution in [2.45, 2.75) is 12.5 Å². The summed E-state index contributed by atoms with van der Waals surface area (Å²) in [7, 11) is 6.43. The zero-order valence-corrected chi connectivity index (χ0v) is 12.5. The number of hydrogen-bond acceptors (Lipinski definition) is 7. The summed E-state index contributed by atoms with van der Waals surface area (Å²) in [6, 6.07) is 3.21. The molecule has 0 saturated carbocycles. The first kappa shape index (κ1) is 15.0.